The Hall–Kier alpha value is -2.38. The molecule has 0 radical (unpaired) electrons. The maximum atomic E-state index is 13.1. The van der Waals surface area contributed by atoms with Gasteiger partial charge in [-0.25, -0.2) is 0 Å². The lowest BCUT2D eigenvalue weighted by molar-refractivity contribution is -0.142. The van der Waals surface area contributed by atoms with Crippen LogP contribution in [0, 0.1) is 0 Å². The van der Waals surface area contributed by atoms with Crippen molar-refractivity contribution in [2.75, 3.05) is 13.2 Å². The van der Waals surface area contributed by atoms with E-state index in [9.17, 15) is 9.59 Å². The summed E-state index contributed by atoms with van der Waals surface area (Å²) in [5.74, 6) is 0.122. The van der Waals surface area contributed by atoms with Gasteiger partial charge in [0, 0.05) is 17.6 Å². The number of ether oxygens (including phenoxy) is 1. The van der Waals surface area contributed by atoms with Crippen LogP contribution in [0.1, 0.15) is 19.4 Å². The molecule has 1 atom stereocenters. The molecule has 5 nitrogen and oxygen atoms in total. The summed E-state index contributed by atoms with van der Waals surface area (Å²) in [6.45, 7) is 4.22. The normalized spacial score (nSPS) is 11.7. The molecule has 0 saturated carbocycles. The number of carbonyl (C=O) groups is 2. The molecule has 31 heavy (non-hydrogen) atoms. The Morgan fingerprint density at radius 3 is 2.58 bits per heavy atom. The maximum Gasteiger partial charge on any atom is 0.261 e. The molecule has 0 spiro atoms. The highest BCUT2D eigenvalue weighted by Crippen LogP contribution is 2.33. The van der Waals surface area contributed by atoms with Gasteiger partial charge in [0.15, 0.2) is 6.61 Å². The molecule has 162 valence electrons. The maximum absolute atomic E-state index is 13.1. The molecule has 0 aliphatic rings. The van der Waals surface area contributed by atoms with Crippen molar-refractivity contribution in [1.29, 1.82) is 0 Å². The number of amides is 2. The van der Waals surface area contributed by atoms with Crippen molar-refractivity contribution in [3.63, 3.8) is 0 Å². The molecule has 0 heterocycles. The van der Waals surface area contributed by atoms with Gasteiger partial charge in [-0.05, 0) is 64.3 Å². The predicted molar refractivity (Wildman–Crippen MR) is 130 cm³/mol. The number of hydrogen-bond donors (Lipinski definition) is 1. The van der Waals surface area contributed by atoms with Crippen LogP contribution in [0.3, 0.4) is 0 Å². The number of nitrogens with one attached hydrogen (secondary N) is 1. The number of halogens is 2. The fraction of sp³-hybridized carbons (Fsp3) is 0.250. The van der Waals surface area contributed by atoms with Crippen molar-refractivity contribution in [3.05, 3.63) is 75.2 Å². The van der Waals surface area contributed by atoms with Gasteiger partial charge in [-0.3, -0.25) is 9.59 Å². The van der Waals surface area contributed by atoms with E-state index >= 15 is 0 Å². The highest BCUT2D eigenvalue weighted by atomic mass is 79.9. The van der Waals surface area contributed by atoms with Gasteiger partial charge in [-0.1, -0.05) is 58.4 Å². The van der Waals surface area contributed by atoms with Gasteiger partial charge in [-0.2, -0.15) is 0 Å². The van der Waals surface area contributed by atoms with E-state index < -0.39 is 6.04 Å². The van der Waals surface area contributed by atoms with Crippen molar-refractivity contribution in [2.24, 2.45) is 0 Å². The number of rotatable bonds is 8. The van der Waals surface area contributed by atoms with Gasteiger partial charge in [-0.15, -0.1) is 0 Å². The van der Waals surface area contributed by atoms with Gasteiger partial charge < -0.3 is 15.0 Å². The van der Waals surface area contributed by atoms with E-state index in [-0.39, 0.29) is 18.4 Å². The number of carbonyl (C=O) groups excluding carboxylic acids is 2. The largest absolute Gasteiger partial charge is 0.483 e. The van der Waals surface area contributed by atoms with E-state index in [0.29, 0.717) is 18.8 Å². The Bertz CT molecular complexity index is 1090. The molecule has 0 saturated heterocycles. The molecule has 3 rings (SSSR count). The Balaban J connectivity index is 1.79. The lowest BCUT2D eigenvalue weighted by atomic mass is 10.1. The molecule has 0 aliphatic heterocycles. The summed E-state index contributed by atoms with van der Waals surface area (Å²) in [5, 5.41) is 4.88. The summed E-state index contributed by atoms with van der Waals surface area (Å²) in [4.78, 5) is 27.1. The summed E-state index contributed by atoms with van der Waals surface area (Å²) < 4.78 is 7.58. The number of benzene rings is 3. The van der Waals surface area contributed by atoms with Crippen molar-refractivity contribution in [1.82, 2.24) is 10.2 Å². The zero-order valence-electron chi connectivity index (χ0n) is 17.4. The second kappa shape index (κ2) is 10.8. The zero-order valence-corrected chi connectivity index (χ0v) is 20.6. The van der Waals surface area contributed by atoms with Crippen LogP contribution in [0.5, 0.6) is 5.75 Å². The quantitative estimate of drug-likeness (QED) is 0.416. The topological polar surface area (TPSA) is 58.6 Å². The highest BCUT2D eigenvalue weighted by Gasteiger charge is 2.26. The fourth-order valence-electron chi connectivity index (χ4n) is 3.28. The van der Waals surface area contributed by atoms with E-state index in [1.54, 1.807) is 11.8 Å². The first-order valence-electron chi connectivity index (χ1n) is 10.0. The third-order valence-corrected chi connectivity index (χ3v) is 6.25. The Labute approximate surface area is 199 Å². The Morgan fingerprint density at radius 2 is 1.84 bits per heavy atom. The first kappa shape index (κ1) is 23.3. The summed E-state index contributed by atoms with van der Waals surface area (Å²) in [5.41, 5.74) is 0.922. The van der Waals surface area contributed by atoms with E-state index in [1.165, 1.54) is 0 Å². The van der Waals surface area contributed by atoms with Crippen LogP contribution in [0.15, 0.2) is 69.6 Å². The van der Waals surface area contributed by atoms with Gasteiger partial charge in [0.05, 0.1) is 4.47 Å². The van der Waals surface area contributed by atoms with E-state index in [2.05, 4.69) is 37.2 Å². The lowest BCUT2D eigenvalue weighted by Crippen LogP contribution is -2.49. The molecule has 0 unspecified atom stereocenters. The minimum absolute atomic E-state index is 0.172. The monoisotopic (exact) mass is 546 g/mol. The van der Waals surface area contributed by atoms with Crippen molar-refractivity contribution >= 4 is 54.4 Å². The molecule has 0 aliphatic carbocycles. The van der Waals surface area contributed by atoms with E-state index in [0.717, 1.165) is 25.3 Å². The minimum Gasteiger partial charge on any atom is -0.483 e. The number of fused-ring (bicyclic) bond motifs is 1. The van der Waals surface area contributed by atoms with Crippen molar-refractivity contribution in [3.8, 4) is 5.75 Å². The fourth-order valence-corrected chi connectivity index (χ4v) is 4.34. The van der Waals surface area contributed by atoms with Gasteiger partial charge in [0.2, 0.25) is 5.91 Å². The van der Waals surface area contributed by atoms with E-state index in [4.69, 9.17) is 4.74 Å². The van der Waals surface area contributed by atoms with Gasteiger partial charge in [0.25, 0.3) is 5.91 Å². The summed E-state index contributed by atoms with van der Waals surface area (Å²) in [7, 11) is 0. The Morgan fingerprint density at radius 1 is 1.06 bits per heavy atom. The first-order chi connectivity index (χ1) is 14.9. The minimum atomic E-state index is -0.630. The lowest BCUT2D eigenvalue weighted by Gasteiger charge is -2.28. The predicted octanol–water partition coefficient (Wildman–Crippen LogP) is 5.30. The molecule has 0 aromatic heterocycles. The molecule has 3 aromatic carbocycles. The highest BCUT2D eigenvalue weighted by molar-refractivity contribution is 9.11. The van der Waals surface area contributed by atoms with Crippen LogP contribution in [-0.2, 0) is 16.1 Å². The molecule has 0 bridgehead atoms. The van der Waals surface area contributed by atoms with Crippen LogP contribution in [0.2, 0.25) is 0 Å². The van der Waals surface area contributed by atoms with Crippen LogP contribution in [-0.4, -0.2) is 35.9 Å². The Kier molecular flexibility index (Phi) is 8.09. The molecular weight excluding hydrogens is 524 g/mol. The second-order valence-electron chi connectivity index (χ2n) is 7.11. The van der Waals surface area contributed by atoms with Crippen LogP contribution >= 0.6 is 31.9 Å². The summed E-state index contributed by atoms with van der Waals surface area (Å²) >= 11 is 7.04. The second-order valence-corrected chi connectivity index (χ2v) is 8.82. The molecule has 3 aromatic rings. The van der Waals surface area contributed by atoms with E-state index in [1.807, 2.05) is 67.6 Å². The standard InChI is InChI=1S/C24H24Br2N2O3/c1-3-27-24(30)16(2)28(14-17-7-6-9-19(25)13-17)22(29)15-31-21-12-11-18-8-4-5-10-20(18)23(21)26/h4-13,16H,3,14-15H2,1-2H3,(H,27,30)/t16-/m0/s1. The summed E-state index contributed by atoms with van der Waals surface area (Å²) in [6, 6.07) is 18.8. The van der Waals surface area contributed by atoms with Crippen molar-refractivity contribution < 1.29 is 14.3 Å². The zero-order chi connectivity index (χ0) is 22.4. The third kappa shape index (κ3) is 5.86. The summed E-state index contributed by atoms with van der Waals surface area (Å²) in [6.07, 6.45) is 0. The van der Waals surface area contributed by atoms with Crippen LogP contribution < -0.4 is 10.1 Å². The van der Waals surface area contributed by atoms with Gasteiger partial charge in [0.1, 0.15) is 11.8 Å². The average Bonchev–Trinajstić information content (AvgIpc) is 2.77. The van der Waals surface area contributed by atoms with Crippen molar-refractivity contribution in [2.45, 2.75) is 26.4 Å². The molecule has 7 heteroatoms. The number of nitrogens with zero attached hydrogens (tertiary/aromatic N) is 1. The molecule has 1 N–H and O–H groups in total. The van der Waals surface area contributed by atoms with Gasteiger partial charge >= 0.3 is 0 Å². The third-order valence-electron chi connectivity index (χ3n) is 4.94. The number of likely N-dealkylation sites (N-methyl/N-ethyl adjacent to an activating group) is 1. The smallest absolute Gasteiger partial charge is 0.261 e. The SMILES string of the molecule is CCNC(=O)[C@H](C)N(Cc1cccc(Br)c1)C(=O)COc1ccc2ccccc2c1Br. The first-order valence-corrected chi connectivity index (χ1v) is 11.6. The van der Waals surface area contributed by atoms with Crippen LogP contribution in [0.25, 0.3) is 10.8 Å². The molecular formula is C24H24Br2N2O3. The molecule has 0 fully saturated rings. The molecule has 2 amide bonds. The number of hydrogen-bond acceptors (Lipinski definition) is 3. The van der Waals surface area contributed by atoms with Crippen LogP contribution in [0.4, 0.5) is 0 Å². The average molecular weight is 548 g/mol.